The number of halogens is 2. The van der Waals surface area contributed by atoms with Crippen molar-refractivity contribution in [2.24, 2.45) is 5.92 Å². The molecule has 0 aliphatic heterocycles. The van der Waals surface area contributed by atoms with Crippen LogP contribution < -0.4 is 0 Å². The van der Waals surface area contributed by atoms with Crippen molar-refractivity contribution in [3.63, 3.8) is 0 Å². The summed E-state index contributed by atoms with van der Waals surface area (Å²) < 4.78 is 14.3. The van der Waals surface area contributed by atoms with Crippen LogP contribution in [-0.4, -0.2) is 5.11 Å². The third-order valence-electron chi connectivity index (χ3n) is 3.20. The zero-order valence-corrected chi connectivity index (χ0v) is 12.0. The molecular weight excluding hydrogens is 283 g/mol. The van der Waals surface area contributed by atoms with Gasteiger partial charge in [0.1, 0.15) is 5.82 Å². The third kappa shape index (κ3) is 3.78. The van der Waals surface area contributed by atoms with Gasteiger partial charge >= 0.3 is 0 Å². The van der Waals surface area contributed by atoms with Crippen LogP contribution in [0.1, 0.15) is 51.2 Å². The van der Waals surface area contributed by atoms with Crippen molar-refractivity contribution in [1.82, 2.24) is 0 Å². The number of hydrogen-bond acceptors (Lipinski definition) is 1. The monoisotopic (exact) mass is 302 g/mol. The lowest BCUT2D eigenvalue weighted by Gasteiger charge is -2.22. The summed E-state index contributed by atoms with van der Waals surface area (Å²) in [6, 6.07) is 5.08. The van der Waals surface area contributed by atoms with Crippen LogP contribution in [0.15, 0.2) is 22.7 Å². The van der Waals surface area contributed by atoms with Crippen LogP contribution in [0.2, 0.25) is 0 Å². The van der Waals surface area contributed by atoms with Crippen molar-refractivity contribution < 1.29 is 9.50 Å². The summed E-state index contributed by atoms with van der Waals surface area (Å²) in [5.41, 5.74) is 0.405. The Bertz CT molecular complexity index is 354. The fourth-order valence-electron chi connectivity index (χ4n) is 2.05. The van der Waals surface area contributed by atoms with E-state index in [-0.39, 0.29) is 11.7 Å². The summed E-state index contributed by atoms with van der Waals surface area (Å²) in [4.78, 5) is 0. The molecule has 0 saturated carbocycles. The van der Waals surface area contributed by atoms with Crippen molar-refractivity contribution in [2.75, 3.05) is 0 Å². The number of aliphatic hydroxyl groups excluding tert-OH is 1. The van der Waals surface area contributed by atoms with Gasteiger partial charge in [-0.3, -0.25) is 0 Å². The van der Waals surface area contributed by atoms with Crippen LogP contribution in [-0.2, 0) is 0 Å². The van der Waals surface area contributed by atoms with Crippen LogP contribution in [0, 0.1) is 11.7 Å². The average molecular weight is 303 g/mol. The molecule has 96 valence electrons. The van der Waals surface area contributed by atoms with Crippen LogP contribution in [0.4, 0.5) is 4.39 Å². The summed E-state index contributed by atoms with van der Waals surface area (Å²) >= 11 is 3.15. The van der Waals surface area contributed by atoms with Gasteiger partial charge in [-0.25, -0.2) is 4.39 Å². The van der Waals surface area contributed by atoms with Gasteiger partial charge in [0.15, 0.2) is 0 Å². The van der Waals surface area contributed by atoms with E-state index in [0.717, 1.165) is 25.7 Å². The van der Waals surface area contributed by atoms with E-state index in [2.05, 4.69) is 22.9 Å². The molecule has 0 radical (unpaired) electrons. The van der Waals surface area contributed by atoms with Crippen molar-refractivity contribution in [3.8, 4) is 0 Å². The molecule has 0 saturated heterocycles. The fourth-order valence-corrected chi connectivity index (χ4v) is 2.44. The molecule has 0 bridgehead atoms. The van der Waals surface area contributed by atoms with E-state index >= 15 is 0 Å². The van der Waals surface area contributed by atoms with Crippen molar-refractivity contribution in [1.29, 1.82) is 0 Å². The number of benzene rings is 1. The molecule has 2 unspecified atom stereocenters. The maximum Gasteiger partial charge on any atom is 0.143 e. The van der Waals surface area contributed by atoms with Gasteiger partial charge in [0.25, 0.3) is 0 Å². The Morgan fingerprint density at radius 2 is 2.06 bits per heavy atom. The smallest absolute Gasteiger partial charge is 0.143 e. The molecule has 2 atom stereocenters. The summed E-state index contributed by atoms with van der Waals surface area (Å²) in [6.45, 7) is 4.16. The molecule has 1 nitrogen and oxygen atoms in total. The number of hydrogen-bond donors (Lipinski definition) is 1. The Morgan fingerprint density at radius 3 is 2.65 bits per heavy atom. The molecule has 0 amide bonds. The maximum atomic E-state index is 13.9. The summed E-state index contributed by atoms with van der Waals surface area (Å²) in [6.07, 6.45) is 3.28. The molecule has 1 aromatic carbocycles. The number of aliphatic hydroxyl groups is 1. The molecule has 1 N–H and O–H groups in total. The van der Waals surface area contributed by atoms with Gasteiger partial charge in [0.05, 0.1) is 10.6 Å². The third-order valence-corrected chi connectivity index (χ3v) is 3.81. The zero-order valence-electron chi connectivity index (χ0n) is 10.4. The molecule has 0 fully saturated rings. The molecule has 0 aromatic heterocycles. The first-order valence-electron chi connectivity index (χ1n) is 6.23. The number of unbranched alkanes of at least 4 members (excludes halogenated alkanes) is 1. The molecule has 3 heteroatoms. The first-order valence-corrected chi connectivity index (χ1v) is 7.03. The minimum absolute atomic E-state index is 0.138. The quantitative estimate of drug-likeness (QED) is 0.797. The lowest BCUT2D eigenvalue weighted by Crippen LogP contribution is -2.13. The Morgan fingerprint density at radius 1 is 1.35 bits per heavy atom. The van der Waals surface area contributed by atoms with E-state index in [1.165, 1.54) is 0 Å². The Labute approximate surface area is 111 Å². The standard InChI is InChI=1S/C14H20BrFO/c1-3-5-7-10(4-2)14(17)11-8-6-9-12(15)13(11)16/h6,8-10,14,17H,3-5,7H2,1-2H3. The highest BCUT2D eigenvalue weighted by atomic mass is 79.9. The summed E-state index contributed by atoms with van der Waals surface area (Å²) in [5, 5.41) is 10.3. The lowest BCUT2D eigenvalue weighted by atomic mass is 9.89. The molecule has 1 aromatic rings. The van der Waals surface area contributed by atoms with Gasteiger partial charge < -0.3 is 5.11 Å². The van der Waals surface area contributed by atoms with Gasteiger partial charge in [-0.05, 0) is 34.3 Å². The van der Waals surface area contributed by atoms with Crippen LogP contribution >= 0.6 is 15.9 Å². The van der Waals surface area contributed by atoms with E-state index in [0.29, 0.717) is 10.0 Å². The summed E-state index contributed by atoms with van der Waals surface area (Å²) in [7, 11) is 0. The Hall–Kier alpha value is -0.410. The second-order valence-corrected chi connectivity index (χ2v) is 5.25. The second-order valence-electron chi connectivity index (χ2n) is 4.40. The predicted octanol–water partition coefficient (Wildman–Crippen LogP) is 4.84. The van der Waals surface area contributed by atoms with Crippen molar-refractivity contribution in [2.45, 2.75) is 45.6 Å². The molecule has 0 heterocycles. The molecule has 0 spiro atoms. The molecular formula is C14H20BrFO. The molecule has 0 aliphatic rings. The maximum absolute atomic E-state index is 13.9. The van der Waals surface area contributed by atoms with Gasteiger partial charge in [-0.15, -0.1) is 0 Å². The molecule has 0 aliphatic carbocycles. The van der Waals surface area contributed by atoms with Crippen molar-refractivity contribution >= 4 is 15.9 Å². The topological polar surface area (TPSA) is 20.2 Å². The van der Waals surface area contributed by atoms with Gasteiger partial charge in [-0.2, -0.15) is 0 Å². The Balaban J connectivity index is 2.85. The zero-order chi connectivity index (χ0) is 12.8. The van der Waals surface area contributed by atoms with Gasteiger partial charge in [0, 0.05) is 5.56 Å². The Kier molecular flexibility index (Phi) is 6.14. The minimum Gasteiger partial charge on any atom is -0.388 e. The predicted molar refractivity (Wildman–Crippen MR) is 72.4 cm³/mol. The van der Waals surface area contributed by atoms with Gasteiger partial charge in [-0.1, -0.05) is 45.2 Å². The van der Waals surface area contributed by atoms with Crippen LogP contribution in [0.5, 0.6) is 0 Å². The first kappa shape index (κ1) is 14.7. The van der Waals surface area contributed by atoms with E-state index < -0.39 is 6.10 Å². The average Bonchev–Trinajstić information content (AvgIpc) is 2.33. The van der Waals surface area contributed by atoms with E-state index in [4.69, 9.17) is 0 Å². The van der Waals surface area contributed by atoms with E-state index in [9.17, 15) is 9.50 Å². The normalized spacial score (nSPS) is 14.6. The minimum atomic E-state index is -0.705. The largest absolute Gasteiger partial charge is 0.388 e. The first-order chi connectivity index (χ1) is 8.11. The fraction of sp³-hybridized carbons (Fsp3) is 0.571. The van der Waals surface area contributed by atoms with E-state index in [1.807, 2.05) is 6.92 Å². The summed E-state index contributed by atoms with van der Waals surface area (Å²) in [5.74, 6) is -0.200. The van der Waals surface area contributed by atoms with Crippen LogP contribution in [0.25, 0.3) is 0 Å². The van der Waals surface area contributed by atoms with Gasteiger partial charge in [0.2, 0.25) is 0 Å². The second kappa shape index (κ2) is 7.12. The highest BCUT2D eigenvalue weighted by molar-refractivity contribution is 9.10. The number of rotatable bonds is 6. The van der Waals surface area contributed by atoms with E-state index in [1.54, 1.807) is 18.2 Å². The highest BCUT2D eigenvalue weighted by Gasteiger charge is 2.22. The molecule has 1 rings (SSSR count). The van der Waals surface area contributed by atoms with Crippen LogP contribution in [0.3, 0.4) is 0 Å². The SMILES string of the molecule is CCCCC(CC)C(O)c1cccc(Br)c1F. The van der Waals surface area contributed by atoms with Crippen molar-refractivity contribution in [3.05, 3.63) is 34.1 Å². The lowest BCUT2D eigenvalue weighted by molar-refractivity contribution is 0.0952. The molecule has 17 heavy (non-hydrogen) atoms. The highest BCUT2D eigenvalue weighted by Crippen LogP contribution is 2.32.